The molecule has 0 saturated carbocycles. The molecule has 9 heteroatoms. The molecule has 0 unspecified atom stereocenters. The lowest BCUT2D eigenvalue weighted by Crippen LogP contribution is -2.31. The highest BCUT2D eigenvalue weighted by atomic mass is 19.1. The Morgan fingerprint density at radius 3 is 1.27 bits per heavy atom. The summed E-state index contributed by atoms with van der Waals surface area (Å²) in [5, 5.41) is 0. The first-order valence-corrected chi connectivity index (χ1v) is 13.8. The summed E-state index contributed by atoms with van der Waals surface area (Å²) in [7, 11) is 0. The van der Waals surface area contributed by atoms with Gasteiger partial charge in [-0.15, -0.1) is 0 Å². The fourth-order valence-electron chi connectivity index (χ4n) is 5.13. The van der Waals surface area contributed by atoms with Crippen LogP contribution < -0.4 is 0 Å². The van der Waals surface area contributed by atoms with Gasteiger partial charge in [-0.1, -0.05) is 36.4 Å². The monoisotopic (exact) mass is 591 g/mol. The molecule has 0 aliphatic rings. The van der Waals surface area contributed by atoms with Crippen LogP contribution in [0, 0.1) is 23.3 Å². The van der Waals surface area contributed by atoms with Crippen LogP contribution in [0.3, 0.4) is 0 Å². The van der Waals surface area contributed by atoms with Crippen LogP contribution in [-0.2, 0) is 13.1 Å². The van der Waals surface area contributed by atoms with E-state index in [1.807, 2.05) is 41.3 Å². The largest absolute Gasteiger partial charge is 0.278 e. The minimum Gasteiger partial charge on any atom is -0.278 e. The Kier molecular flexibility index (Phi) is 8.47. The summed E-state index contributed by atoms with van der Waals surface area (Å²) < 4.78 is 59.4. The molecule has 44 heavy (non-hydrogen) atoms. The zero-order valence-corrected chi connectivity index (χ0v) is 23.3. The Hall–Kier alpha value is -5.28. The minimum atomic E-state index is -0.750. The number of pyridine rings is 4. The van der Waals surface area contributed by atoms with Crippen LogP contribution in [0.5, 0.6) is 0 Å². The zero-order chi connectivity index (χ0) is 30.5. The maximum Gasteiger partial charge on any atom is 0.135 e. The summed E-state index contributed by atoms with van der Waals surface area (Å²) >= 11 is 0. The fraction of sp³-hybridized carbons (Fsp3) is 0.0857. The summed E-state index contributed by atoms with van der Waals surface area (Å²) in [6, 6.07) is 27.5. The SMILES string of the molecule is Fc1cccc(F)c1-c1cccc(C(c2cccc(-c3c(F)cccc3F)n2)N(Cc2ccccn2)Cc2ccccn2)n1. The molecule has 2 aromatic carbocycles. The molecule has 0 amide bonds. The summed E-state index contributed by atoms with van der Waals surface area (Å²) in [6.45, 7) is 0.615. The zero-order valence-electron chi connectivity index (χ0n) is 23.3. The second-order valence-electron chi connectivity index (χ2n) is 10.0. The third-order valence-electron chi connectivity index (χ3n) is 7.09. The van der Waals surface area contributed by atoms with Crippen molar-refractivity contribution in [2.45, 2.75) is 19.1 Å². The van der Waals surface area contributed by atoms with Gasteiger partial charge in [0.25, 0.3) is 0 Å². The molecule has 0 radical (unpaired) electrons. The van der Waals surface area contributed by atoms with E-state index in [1.54, 1.807) is 36.7 Å². The second kappa shape index (κ2) is 12.9. The molecule has 6 aromatic rings. The standard InChI is InChI=1S/C35H25F4N5/c36-25-11-5-12-26(37)33(25)29-15-7-17-31(42-29)35(32-18-8-16-30(43-32)34-27(38)13-6-14-28(34)39)44(21-23-9-1-3-19-40-23)22-24-10-2-4-20-41-24/h1-20,35H,21-22H2. The first-order chi connectivity index (χ1) is 21.5. The molecule has 0 atom stereocenters. The molecule has 4 aromatic heterocycles. The molecule has 0 saturated heterocycles. The van der Waals surface area contributed by atoms with E-state index in [-0.39, 0.29) is 22.5 Å². The number of aromatic nitrogens is 4. The lowest BCUT2D eigenvalue weighted by Gasteiger charge is -2.31. The third kappa shape index (κ3) is 6.23. The van der Waals surface area contributed by atoms with Gasteiger partial charge in [0.2, 0.25) is 0 Å². The topological polar surface area (TPSA) is 54.8 Å². The summed E-state index contributed by atoms with van der Waals surface area (Å²) in [5.41, 5.74) is 1.96. The van der Waals surface area contributed by atoms with Crippen LogP contribution in [0.15, 0.2) is 122 Å². The van der Waals surface area contributed by atoms with E-state index in [9.17, 15) is 17.6 Å². The van der Waals surface area contributed by atoms with E-state index in [4.69, 9.17) is 9.97 Å². The Morgan fingerprint density at radius 1 is 0.477 bits per heavy atom. The van der Waals surface area contributed by atoms with Gasteiger partial charge in [-0.25, -0.2) is 17.6 Å². The number of rotatable bonds is 9. The number of halogens is 4. The highest BCUT2D eigenvalue weighted by Crippen LogP contribution is 2.34. The maximum absolute atomic E-state index is 14.9. The van der Waals surface area contributed by atoms with Crippen molar-refractivity contribution in [1.82, 2.24) is 24.8 Å². The van der Waals surface area contributed by atoms with Gasteiger partial charge >= 0.3 is 0 Å². The average Bonchev–Trinajstić information content (AvgIpc) is 3.03. The van der Waals surface area contributed by atoms with Crippen LogP contribution >= 0.6 is 0 Å². The quantitative estimate of drug-likeness (QED) is 0.160. The molecule has 4 heterocycles. The van der Waals surface area contributed by atoms with Gasteiger partial charge in [-0.05, 0) is 72.8 Å². The number of nitrogens with zero attached hydrogens (tertiary/aromatic N) is 5. The molecular weight excluding hydrogens is 566 g/mol. The molecule has 0 aliphatic carbocycles. The highest BCUT2D eigenvalue weighted by Gasteiger charge is 2.28. The smallest absolute Gasteiger partial charge is 0.135 e. The van der Waals surface area contributed by atoms with Crippen molar-refractivity contribution in [3.63, 3.8) is 0 Å². The summed E-state index contributed by atoms with van der Waals surface area (Å²) in [4.78, 5) is 20.5. The van der Waals surface area contributed by atoms with E-state index >= 15 is 0 Å². The van der Waals surface area contributed by atoms with Crippen LogP contribution in [0.1, 0.15) is 28.8 Å². The number of hydrogen-bond donors (Lipinski definition) is 0. The number of hydrogen-bond acceptors (Lipinski definition) is 5. The molecule has 5 nitrogen and oxygen atoms in total. The van der Waals surface area contributed by atoms with Crippen molar-refractivity contribution in [2.75, 3.05) is 0 Å². The molecule has 0 spiro atoms. The van der Waals surface area contributed by atoms with Gasteiger partial charge in [0.15, 0.2) is 0 Å². The lowest BCUT2D eigenvalue weighted by atomic mass is 10.0. The maximum atomic E-state index is 14.9. The summed E-state index contributed by atoms with van der Waals surface area (Å²) in [6.07, 6.45) is 3.37. The van der Waals surface area contributed by atoms with E-state index in [2.05, 4.69) is 9.97 Å². The predicted molar refractivity (Wildman–Crippen MR) is 159 cm³/mol. The van der Waals surface area contributed by atoms with Crippen LogP contribution in [0.4, 0.5) is 17.6 Å². The Morgan fingerprint density at radius 2 is 0.886 bits per heavy atom. The molecule has 0 N–H and O–H groups in total. The van der Waals surface area contributed by atoms with Gasteiger partial charge in [-0.2, -0.15) is 0 Å². The van der Waals surface area contributed by atoms with E-state index in [1.165, 1.54) is 48.5 Å². The van der Waals surface area contributed by atoms with E-state index < -0.39 is 29.3 Å². The Labute approximate surface area is 251 Å². The Bertz CT molecular complexity index is 1710. The van der Waals surface area contributed by atoms with Crippen molar-refractivity contribution >= 4 is 0 Å². The lowest BCUT2D eigenvalue weighted by molar-refractivity contribution is 0.195. The highest BCUT2D eigenvalue weighted by molar-refractivity contribution is 5.62. The van der Waals surface area contributed by atoms with Crippen molar-refractivity contribution in [3.05, 3.63) is 168 Å². The van der Waals surface area contributed by atoms with Gasteiger partial charge < -0.3 is 0 Å². The van der Waals surface area contributed by atoms with Crippen molar-refractivity contribution in [1.29, 1.82) is 0 Å². The summed E-state index contributed by atoms with van der Waals surface area (Å²) in [5.74, 6) is -3.00. The van der Waals surface area contributed by atoms with Crippen LogP contribution in [0.2, 0.25) is 0 Å². The van der Waals surface area contributed by atoms with E-state index in [0.29, 0.717) is 24.5 Å². The number of benzene rings is 2. The van der Waals surface area contributed by atoms with Crippen molar-refractivity contribution in [2.24, 2.45) is 0 Å². The average molecular weight is 592 g/mol. The second-order valence-corrected chi connectivity index (χ2v) is 10.0. The van der Waals surface area contributed by atoms with E-state index in [0.717, 1.165) is 11.4 Å². The van der Waals surface area contributed by atoms with Gasteiger partial charge in [0.05, 0.1) is 51.3 Å². The third-order valence-corrected chi connectivity index (χ3v) is 7.09. The fourth-order valence-corrected chi connectivity index (χ4v) is 5.13. The van der Waals surface area contributed by atoms with Gasteiger partial charge in [0.1, 0.15) is 23.3 Å². The molecular formula is C35H25F4N5. The molecule has 6 rings (SSSR count). The minimum absolute atomic E-state index is 0.0926. The van der Waals surface area contributed by atoms with Gasteiger partial charge in [-0.3, -0.25) is 24.8 Å². The normalized spacial score (nSPS) is 11.3. The first kappa shape index (κ1) is 28.8. The Balaban J connectivity index is 1.54. The molecule has 0 fully saturated rings. The van der Waals surface area contributed by atoms with Crippen molar-refractivity contribution < 1.29 is 17.6 Å². The molecule has 218 valence electrons. The predicted octanol–water partition coefficient (Wildman–Crippen LogP) is 7.95. The first-order valence-electron chi connectivity index (χ1n) is 13.8. The molecule has 0 bridgehead atoms. The van der Waals surface area contributed by atoms with Crippen LogP contribution in [0.25, 0.3) is 22.5 Å². The molecule has 0 aliphatic heterocycles. The van der Waals surface area contributed by atoms with Crippen molar-refractivity contribution in [3.8, 4) is 22.5 Å². The van der Waals surface area contributed by atoms with Gasteiger partial charge in [0, 0.05) is 25.5 Å². The van der Waals surface area contributed by atoms with Crippen LogP contribution in [-0.4, -0.2) is 24.8 Å².